The van der Waals surface area contributed by atoms with Crippen molar-refractivity contribution in [3.8, 4) is 0 Å². The van der Waals surface area contributed by atoms with Gasteiger partial charge in [0.15, 0.2) is 8.68 Å². The minimum atomic E-state index is -0.730. The highest BCUT2D eigenvalue weighted by Crippen LogP contribution is 2.28. The number of carbonyl (C=O) groups excluding carboxylic acids is 1. The zero-order chi connectivity index (χ0) is 16.8. The van der Waals surface area contributed by atoms with Crippen molar-refractivity contribution >= 4 is 52.1 Å². The summed E-state index contributed by atoms with van der Waals surface area (Å²) in [5.74, 6) is -0.319. The summed E-state index contributed by atoms with van der Waals surface area (Å²) in [5.41, 5.74) is -0.510. The van der Waals surface area contributed by atoms with Gasteiger partial charge in [-0.3, -0.25) is 14.9 Å². The van der Waals surface area contributed by atoms with Crippen molar-refractivity contribution in [3.63, 3.8) is 0 Å². The van der Waals surface area contributed by atoms with E-state index in [4.69, 9.17) is 0 Å². The largest absolute Gasteiger partial charge is 0.323 e. The first kappa shape index (κ1) is 17.6. The zero-order valence-electron chi connectivity index (χ0n) is 11.8. The molecule has 0 atom stereocenters. The number of nitrogens with zero attached hydrogens (tertiary/aromatic N) is 3. The highest BCUT2D eigenvalue weighted by atomic mass is 32.2. The Morgan fingerprint density at radius 2 is 2.09 bits per heavy atom. The average Bonchev–Trinajstić information content (AvgIpc) is 2.95. The van der Waals surface area contributed by atoms with Crippen LogP contribution in [0.1, 0.15) is 6.92 Å². The molecular formula is C12H11FN4O3S3. The number of non-ortho nitro benzene ring substituents is 1. The van der Waals surface area contributed by atoms with Gasteiger partial charge in [0.25, 0.3) is 5.69 Å². The van der Waals surface area contributed by atoms with Gasteiger partial charge in [0.05, 0.1) is 16.4 Å². The molecule has 122 valence electrons. The van der Waals surface area contributed by atoms with Crippen molar-refractivity contribution in [2.45, 2.75) is 15.6 Å². The topological polar surface area (TPSA) is 98.0 Å². The Morgan fingerprint density at radius 3 is 2.74 bits per heavy atom. The SMILES string of the molecule is CCSc1nnc(SCC(=O)Nc2cc([N+](=O)[O-])ccc2F)s1. The van der Waals surface area contributed by atoms with Gasteiger partial charge in [0.1, 0.15) is 5.82 Å². The van der Waals surface area contributed by atoms with Crippen LogP contribution in [0.5, 0.6) is 0 Å². The molecule has 1 N–H and O–H groups in total. The molecule has 1 aromatic carbocycles. The summed E-state index contributed by atoms with van der Waals surface area (Å²) in [4.78, 5) is 21.8. The van der Waals surface area contributed by atoms with Gasteiger partial charge in [-0.1, -0.05) is 41.8 Å². The third-order valence-electron chi connectivity index (χ3n) is 2.42. The number of anilines is 1. The average molecular weight is 374 g/mol. The summed E-state index contributed by atoms with van der Waals surface area (Å²) >= 11 is 4.11. The van der Waals surface area contributed by atoms with Gasteiger partial charge in [-0.2, -0.15) is 0 Å². The number of benzene rings is 1. The first-order valence-corrected chi connectivity index (χ1v) is 9.11. The number of aromatic nitrogens is 2. The number of nitro groups is 1. The predicted molar refractivity (Wildman–Crippen MR) is 88.7 cm³/mol. The van der Waals surface area contributed by atoms with Gasteiger partial charge in [-0.15, -0.1) is 10.2 Å². The van der Waals surface area contributed by atoms with E-state index in [2.05, 4.69) is 15.5 Å². The molecule has 11 heteroatoms. The number of nitrogens with one attached hydrogen (secondary N) is 1. The van der Waals surface area contributed by atoms with Crippen LogP contribution in [0.2, 0.25) is 0 Å². The highest BCUT2D eigenvalue weighted by Gasteiger charge is 2.14. The predicted octanol–water partition coefficient (Wildman–Crippen LogP) is 3.43. The van der Waals surface area contributed by atoms with Crippen LogP contribution in [0.4, 0.5) is 15.8 Å². The van der Waals surface area contributed by atoms with E-state index in [0.29, 0.717) is 4.34 Å². The maximum atomic E-state index is 13.6. The van der Waals surface area contributed by atoms with Crippen molar-refractivity contribution in [2.24, 2.45) is 0 Å². The summed E-state index contributed by atoms with van der Waals surface area (Å²) in [6.45, 7) is 2.00. The third-order valence-corrected chi connectivity index (χ3v) is 5.49. The number of hydrogen-bond donors (Lipinski definition) is 1. The van der Waals surface area contributed by atoms with E-state index >= 15 is 0 Å². The summed E-state index contributed by atoms with van der Waals surface area (Å²) in [6, 6.07) is 2.96. The molecule has 23 heavy (non-hydrogen) atoms. The molecule has 0 fully saturated rings. The minimum Gasteiger partial charge on any atom is -0.323 e. The van der Waals surface area contributed by atoms with Crippen molar-refractivity contribution in [2.75, 3.05) is 16.8 Å². The van der Waals surface area contributed by atoms with E-state index in [9.17, 15) is 19.3 Å². The summed E-state index contributed by atoms with van der Waals surface area (Å²) in [5, 5.41) is 20.9. The van der Waals surface area contributed by atoms with E-state index in [1.54, 1.807) is 11.8 Å². The maximum Gasteiger partial charge on any atom is 0.271 e. The molecule has 0 unspecified atom stereocenters. The molecule has 1 amide bonds. The molecular weight excluding hydrogens is 363 g/mol. The van der Waals surface area contributed by atoms with Crippen LogP contribution >= 0.6 is 34.9 Å². The highest BCUT2D eigenvalue weighted by molar-refractivity contribution is 8.03. The van der Waals surface area contributed by atoms with Crippen LogP contribution in [-0.2, 0) is 4.79 Å². The van der Waals surface area contributed by atoms with Gasteiger partial charge in [0, 0.05) is 12.1 Å². The molecule has 2 aromatic rings. The smallest absolute Gasteiger partial charge is 0.271 e. The second kappa shape index (κ2) is 8.22. The number of halogens is 1. The lowest BCUT2D eigenvalue weighted by Gasteiger charge is -2.05. The molecule has 7 nitrogen and oxygen atoms in total. The lowest BCUT2D eigenvalue weighted by molar-refractivity contribution is -0.384. The molecule has 0 spiro atoms. The number of rotatable bonds is 7. The van der Waals surface area contributed by atoms with E-state index in [-0.39, 0.29) is 17.1 Å². The molecule has 0 aliphatic heterocycles. The van der Waals surface area contributed by atoms with Crippen LogP contribution in [0.15, 0.2) is 26.9 Å². The van der Waals surface area contributed by atoms with Crippen LogP contribution in [-0.4, -0.2) is 32.5 Å². The van der Waals surface area contributed by atoms with Crippen molar-refractivity contribution in [3.05, 3.63) is 34.1 Å². The minimum absolute atomic E-state index is 0.00750. The summed E-state index contributed by atoms with van der Waals surface area (Å²) in [7, 11) is 0. The van der Waals surface area contributed by atoms with Crippen molar-refractivity contribution < 1.29 is 14.1 Å². The van der Waals surface area contributed by atoms with Gasteiger partial charge >= 0.3 is 0 Å². The molecule has 1 aromatic heterocycles. The first-order valence-electron chi connectivity index (χ1n) is 6.32. The fourth-order valence-electron chi connectivity index (χ4n) is 1.47. The zero-order valence-corrected chi connectivity index (χ0v) is 14.3. The molecule has 2 rings (SSSR count). The Labute approximate surface area is 143 Å². The molecule has 0 radical (unpaired) electrons. The molecule has 0 saturated heterocycles. The van der Waals surface area contributed by atoms with E-state index < -0.39 is 16.6 Å². The standard InChI is InChI=1S/C12H11FN4O3S3/c1-2-21-11-15-16-12(23-11)22-6-10(18)14-9-5-7(17(19)20)3-4-8(9)13/h3-5H,2,6H2,1H3,(H,14,18). The van der Waals surface area contributed by atoms with Crippen LogP contribution < -0.4 is 5.32 Å². The molecule has 0 aliphatic carbocycles. The Bertz CT molecular complexity index is 725. The Morgan fingerprint density at radius 1 is 1.39 bits per heavy atom. The first-order chi connectivity index (χ1) is 11.0. The van der Waals surface area contributed by atoms with Crippen LogP contribution in [0.3, 0.4) is 0 Å². The molecule has 0 saturated carbocycles. The second-order valence-corrected chi connectivity index (χ2v) is 7.74. The Balaban J connectivity index is 1.94. The van der Waals surface area contributed by atoms with E-state index in [1.165, 1.54) is 23.1 Å². The van der Waals surface area contributed by atoms with E-state index in [0.717, 1.165) is 28.3 Å². The van der Waals surface area contributed by atoms with Gasteiger partial charge in [0.2, 0.25) is 5.91 Å². The third kappa shape index (κ3) is 5.15. The van der Waals surface area contributed by atoms with Gasteiger partial charge in [-0.05, 0) is 11.8 Å². The molecule has 1 heterocycles. The number of carbonyl (C=O) groups is 1. The van der Waals surface area contributed by atoms with Crippen LogP contribution in [0.25, 0.3) is 0 Å². The van der Waals surface area contributed by atoms with Crippen LogP contribution in [0, 0.1) is 15.9 Å². The lowest BCUT2D eigenvalue weighted by atomic mass is 10.2. The number of hydrogen-bond acceptors (Lipinski definition) is 8. The quantitative estimate of drug-likeness (QED) is 0.450. The second-order valence-electron chi connectivity index (χ2n) is 4.03. The van der Waals surface area contributed by atoms with Crippen molar-refractivity contribution in [1.82, 2.24) is 10.2 Å². The molecule has 0 aliphatic rings. The lowest BCUT2D eigenvalue weighted by Crippen LogP contribution is -2.15. The fraction of sp³-hybridized carbons (Fsp3) is 0.250. The number of amides is 1. The molecule has 0 bridgehead atoms. The number of thioether (sulfide) groups is 2. The van der Waals surface area contributed by atoms with Crippen molar-refractivity contribution in [1.29, 1.82) is 0 Å². The fourth-order valence-corrected chi connectivity index (χ4v) is 4.19. The van der Waals surface area contributed by atoms with Gasteiger partial charge < -0.3 is 5.32 Å². The summed E-state index contributed by atoms with van der Waals surface area (Å²) in [6.07, 6.45) is 0. The van der Waals surface area contributed by atoms with E-state index in [1.807, 2.05) is 6.92 Å². The monoisotopic (exact) mass is 374 g/mol. The van der Waals surface area contributed by atoms with Gasteiger partial charge in [-0.25, -0.2) is 4.39 Å². The normalized spacial score (nSPS) is 10.5. The Hall–Kier alpha value is -1.72. The Kier molecular flexibility index (Phi) is 6.30. The number of nitro benzene ring substituents is 1. The summed E-state index contributed by atoms with van der Waals surface area (Å²) < 4.78 is 15.0. The maximum absolute atomic E-state index is 13.6.